The summed E-state index contributed by atoms with van der Waals surface area (Å²) in [5, 5.41) is 9.20. The first-order chi connectivity index (χ1) is 7.65. The third-order valence-electron chi connectivity index (χ3n) is 1.89. The van der Waals surface area contributed by atoms with Crippen molar-refractivity contribution in [2.75, 3.05) is 0 Å². The number of aromatic amines is 1. The van der Waals surface area contributed by atoms with Crippen molar-refractivity contribution in [2.45, 2.75) is 9.79 Å². The van der Waals surface area contributed by atoms with Crippen LogP contribution in [0.4, 0.5) is 4.39 Å². The van der Waals surface area contributed by atoms with Gasteiger partial charge in [0, 0.05) is 22.1 Å². The second-order valence-electron chi connectivity index (χ2n) is 3.11. The Morgan fingerprint density at radius 2 is 2.06 bits per heavy atom. The summed E-state index contributed by atoms with van der Waals surface area (Å²) in [4.78, 5) is 14.6. The number of rotatable bonds is 2. The molecule has 2 N–H and O–H groups in total. The third-order valence-corrected chi connectivity index (χ3v) is 2.85. The zero-order chi connectivity index (χ0) is 11.5. The van der Waals surface area contributed by atoms with E-state index >= 15 is 0 Å². The second-order valence-corrected chi connectivity index (χ2v) is 4.26. The highest BCUT2D eigenvalue weighted by Crippen LogP contribution is 2.28. The SMILES string of the molecule is O=c1[nH]cc(Sc2cccc(F)c2)cc1O. The van der Waals surface area contributed by atoms with E-state index in [1.807, 2.05) is 0 Å². The molecule has 0 aliphatic rings. The van der Waals surface area contributed by atoms with Gasteiger partial charge in [-0.05, 0) is 18.2 Å². The molecule has 0 fully saturated rings. The van der Waals surface area contributed by atoms with Gasteiger partial charge in [-0.25, -0.2) is 4.39 Å². The smallest absolute Gasteiger partial charge is 0.290 e. The second kappa shape index (κ2) is 4.40. The van der Waals surface area contributed by atoms with Crippen LogP contribution in [0.2, 0.25) is 0 Å². The van der Waals surface area contributed by atoms with Crippen LogP contribution in [0.3, 0.4) is 0 Å². The fourth-order valence-corrected chi connectivity index (χ4v) is 2.06. The van der Waals surface area contributed by atoms with E-state index in [-0.39, 0.29) is 11.6 Å². The van der Waals surface area contributed by atoms with Crippen molar-refractivity contribution < 1.29 is 9.50 Å². The van der Waals surface area contributed by atoms with Crippen molar-refractivity contribution in [1.82, 2.24) is 4.98 Å². The van der Waals surface area contributed by atoms with E-state index in [1.54, 1.807) is 12.1 Å². The molecule has 2 rings (SSSR count). The van der Waals surface area contributed by atoms with Crippen LogP contribution in [0.15, 0.2) is 51.1 Å². The van der Waals surface area contributed by atoms with Crippen LogP contribution < -0.4 is 5.56 Å². The summed E-state index contributed by atoms with van der Waals surface area (Å²) >= 11 is 1.25. The minimum atomic E-state index is -0.538. The van der Waals surface area contributed by atoms with Crippen LogP contribution in [0.1, 0.15) is 0 Å². The number of nitrogens with one attached hydrogen (secondary N) is 1. The average molecular weight is 237 g/mol. The van der Waals surface area contributed by atoms with Gasteiger partial charge in [-0.2, -0.15) is 0 Å². The first kappa shape index (κ1) is 10.8. The lowest BCUT2D eigenvalue weighted by molar-refractivity contribution is 0.464. The zero-order valence-electron chi connectivity index (χ0n) is 8.11. The molecule has 0 spiro atoms. The molecule has 0 unspecified atom stereocenters. The Bertz CT molecular complexity index is 568. The van der Waals surface area contributed by atoms with E-state index in [9.17, 15) is 14.3 Å². The predicted octanol–water partition coefficient (Wildman–Crippen LogP) is 2.37. The van der Waals surface area contributed by atoms with Crippen LogP contribution in [0.5, 0.6) is 5.75 Å². The molecule has 16 heavy (non-hydrogen) atoms. The summed E-state index contributed by atoms with van der Waals surface area (Å²) in [5.74, 6) is -0.667. The van der Waals surface area contributed by atoms with Gasteiger partial charge < -0.3 is 10.1 Å². The topological polar surface area (TPSA) is 53.1 Å². The molecule has 2 aromatic rings. The van der Waals surface area contributed by atoms with Crippen molar-refractivity contribution in [3.63, 3.8) is 0 Å². The number of benzene rings is 1. The van der Waals surface area contributed by atoms with Crippen LogP contribution in [0.25, 0.3) is 0 Å². The highest BCUT2D eigenvalue weighted by molar-refractivity contribution is 7.99. The number of aromatic hydroxyl groups is 1. The Balaban J connectivity index is 2.27. The first-order valence-corrected chi connectivity index (χ1v) is 5.32. The molecular formula is C11H8FNO2S. The van der Waals surface area contributed by atoms with Crippen molar-refractivity contribution in [3.8, 4) is 5.75 Å². The molecule has 0 atom stereocenters. The normalized spacial score (nSPS) is 10.3. The first-order valence-electron chi connectivity index (χ1n) is 4.50. The van der Waals surface area contributed by atoms with Crippen LogP contribution >= 0.6 is 11.8 Å². The number of hydrogen-bond donors (Lipinski definition) is 2. The number of pyridine rings is 1. The summed E-state index contributed by atoms with van der Waals surface area (Å²) < 4.78 is 12.9. The van der Waals surface area contributed by atoms with Crippen molar-refractivity contribution in [1.29, 1.82) is 0 Å². The van der Waals surface area contributed by atoms with Crippen LogP contribution in [-0.2, 0) is 0 Å². The third kappa shape index (κ3) is 2.43. The fourth-order valence-electron chi connectivity index (χ4n) is 1.18. The maximum Gasteiger partial charge on any atom is 0.290 e. The van der Waals surface area contributed by atoms with Gasteiger partial charge in [0.2, 0.25) is 0 Å². The quantitative estimate of drug-likeness (QED) is 0.843. The Hall–Kier alpha value is -1.75. The minimum Gasteiger partial charge on any atom is -0.503 e. The van der Waals surface area contributed by atoms with E-state index in [0.717, 1.165) is 0 Å². The standard InChI is InChI=1S/C11H8FNO2S/c12-7-2-1-3-8(4-7)16-9-5-10(14)11(15)13-6-9/h1-6,14H,(H,13,15). The lowest BCUT2D eigenvalue weighted by Gasteiger charge is -2.01. The summed E-state index contributed by atoms with van der Waals surface area (Å²) in [5.41, 5.74) is -0.538. The van der Waals surface area contributed by atoms with Gasteiger partial charge in [0.1, 0.15) is 5.82 Å². The molecule has 0 aliphatic carbocycles. The van der Waals surface area contributed by atoms with Crippen molar-refractivity contribution in [3.05, 3.63) is 52.7 Å². The lowest BCUT2D eigenvalue weighted by Crippen LogP contribution is -2.03. The highest BCUT2D eigenvalue weighted by atomic mass is 32.2. The molecule has 0 radical (unpaired) electrons. The molecule has 1 aromatic heterocycles. The molecular weight excluding hydrogens is 229 g/mol. The molecule has 0 bridgehead atoms. The van der Waals surface area contributed by atoms with E-state index in [0.29, 0.717) is 9.79 Å². The van der Waals surface area contributed by atoms with Gasteiger partial charge in [-0.3, -0.25) is 4.79 Å². The average Bonchev–Trinajstić information content (AvgIpc) is 2.24. The molecule has 1 aromatic carbocycles. The van der Waals surface area contributed by atoms with Crippen molar-refractivity contribution >= 4 is 11.8 Å². The zero-order valence-corrected chi connectivity index (χ0v) is 8.92. The molecule has 82 valence electrons. The number of H-pyrrole nitrogens is 1. The molecule has 5 heteroatoms. The number of aromatic nitrogens is 1. The maximum absolute atomic E-state index is 12.9. The van der Waals surface area contributed by atoms with Gasteiger partial charge >= 0.3 is 0 Å². The van der Waals surface area contributed by atoms with Crippen LogP contribution in [-0.4, -0.2) is 10.1 Å². The largest absolute Gasteiger partial charge is 0.503 e. The van der Waals surface area contributed by atoms with Crippen LogP contribution in [0, 0.1) is 5.82 Å². The monoisotopic (exact) mass is 237 g/mol. The van der Waals surface area contributed by atoms with Gasteiger partial charge in [-0.1, -0.05) is 17.8 Å². The Morgan fingerprint density at radius 1 is 1.25 bits per heavy atom. The molecule has 0 amide bonds. The summed E-state index contributed by atoms with van der Waals surface area (Å²) in [6.07, 6.45) is 1.47. The Morgan fingerprint density at radius 3 is 2.75 bits per heavy atom. The molecule has 0 aliphatic heterocycles. The van der Waals surface area contributed by atoms with Gasteiger partial charge in [0.25, 0.3) is 5.56 Å². The fraction of sp³-hybridized carbons (Fsp3) is 0. The van der Waals surface area contributed by atoms with Crippen molar-refractivity contribution in [2.24, 2.45) is 0 Å². The molecule has 3 nitrogen and oxygen atoms in total. The molecule has 0 saturated heterocycles. The van der Waals surface area contributed by atoms with E-state index < -0.39 is 5.56 Å². The summed E-state index contributed by atoms with van der Waals surface area (Å²) in [7, 11) is 0. The Labute approximate surface area is 95.0 Å². The minimum absolute atomic E-state index is 0.321. The maximum atomic E-state index is 12.9. The summed E-state index contributed by atoms with van der Waals surface area (Å²) in [6, 6.07) is 7.43. The van der Waals surface area contributed by atoms with E-state index in [2.05, 4.69) is 4.98 Å². The predicted molar refractivity (Wildman–Crippen MR) is 59.3 cm³/mol. The van der Waals surface area contributed by atoms with E-state index in [4.69, 9.17) is 0 Å². The van der Waals surface area contributed by atoms with Gasteiger partial charge in [-0.15, -0.1) is 0 Å². The molecule has 1 heterocycles. The lowest BCUT2D eigenvalue weighted by atomic mass is 10.4. The summed E-state index contributed by atoms with van der Waals surface area (Å²) in [6.45, 7) is 0. The number of hydrogen-bond acceptors (Lipinski definition) is 3. The highest BCUT2D eigenvalue weighted by Gasteiger charge is 2.02. The number of halogens is 1. The molecule has 0 saturated carbocycles. The van der Waals surface area contributed by atoms with Gasteiger partial charge in [0.05, 0.1) is 0 Å². The van der Waals surface area contributed by atoms with Gasteiger partial charge in [0.15, 0.2) is 5.75 Å². The van der Waals surface area contributed by atoms with E-state index in [1.165, 1.54) is 36.2 Å². The Kier molecular flexibility index (Phi) is 2.96.